The molecule has 7 heteroatoms. The molecule has 0 spiro atoms. The fourth-order valence-electron chi connectivity index (χ4n) is 3.97. The number of hydrogen-bond acceptors (Lipinski definition) is 4. The summed E-state index contributed by atoms with van der Waals surface area (Å²) < 4.78 is 43.7. The van der Waals surface area contributed by atoms with E-state index >= 15 is 0 Å². The zero-order chi connectivity index (χ0) is 26.4. The van der Waals surface area contributed by atoms with Crippen LogP contribution < -0.4 is 4.18 Å². The third-order valence-corrected chi connectivity index (χ3v) is 6.95. The van der Waals surface area contributed by atoms with Crippen LogP contribution in [0.2, 0.25) is 0 Å². The lowest BCUT2D eigenvalue weighted by Gasteiger charge is -2.25. The molecule has 0 fully saturated rings. The van der Waals surface area contributed by atoms with Gasteiger partial charge in [-0.2, -0.15) is 8.42 Å². The van der Waals surface area contributed by atoms with Gasteiger partial charge in [-0.15, -0.1) is 0 Å². The number of carbonyl (C=O) groups is 1. The third-order valence-electron chi connectivity index (χ3n) is 5.69. The quantitative estimate of drug-likeness (QED) is 0.236. The van der Waals surface area contributed by atoms with Crippen LogP contribution in [-0.2, 0) is 16.7 Å². The summed E-state index contributed by atoms with van der Waals surface area (Å²) in [6.07, 6.45) is 0. The van der Waals surface area contributed by atoms with Crippen molar-refractivity contribution < 1.29 is 21.8 Å². The number of rotatable bonds is 9. The first-order valence-electron chi connectivity index (χ1n) is 11.9. The molecule has 0 heterocycles. The van der Waals surface area contributed by atoms with E-state index in [9.17, 15) is 17.6 Å². The minimum Gasteiger partial charge on any atom is -0.379 e. The maximum Gasteiger partial charge on any atom is 0.339 e. The van der Waals surface area contributed by atoms with Gasteiger partial charge in [0.15, 0.2) is 0 Å². The van der Waals surface area contributed by atoms with Crippen molar-refractivity contribution in [3.63, 3.8) is 0 Å². The first kappa shape index (κ1) is 26.1. The Kier molecular flexibility index (Phi) is 8.04. The molecule has 0 aliphatic rings. The highest BCUT2D eigenvalue weighted by molar-refractivity contribution is 7.87. The van der Waals surface area contributed by atoms with E-state index in [1.54, 1.807) is 17.0 Å². The predicted octanol–water partition coefficient (Wildman–Crippen LogP) is 6.56. The maximum atomic E-state index is 13.4. The van der Waals surface area contributed by atoms with Crippen molar-refractivity contribution in [1.82, 2.24) is 4.90 Å². The first-order chi connectivity index (χ1) is 17.7. The van der Waals surface area contributed by atoms with E-state index in [1.807, 2.05) is 74.5 Å². The van der Waals surface area contributed by atoms with Crippen LogP contribution in [0.5, 0.6) is 5.75 Å². The second-order valence-corrected chi connectivity index (χ2v) is 10.7. The summed E-state index contributed by atoms with van der Waals surface area (Å²) in [6, 6.07) is 28.5. The molecule has 0 atom stereocenters. The van der Waals surface area contributed by atoms with Crippen molar-refractivity contribution in [1.29, 1.82) is 0 Å². The highest BCUT2D eigenvalue weighted by atomic mass is 32.2. The Hall–Kier alpha value is -3.97. The summed E-state index contributed by atoms with van der Waals surface area (Å²) in [6.45, 7) is 4.88. The van der Waals surface area contributed by atoms with E-state index in [1.165, 1.54) is 6.07 Å². The minimum absolute atomic E-state index is 0.112. The highest BCUT2D eigenvalue weighted by Crippen LogP contribution is 2.23. The molecule has 1 amide bonds. The van der Waals surface area contributed by atoms with E-state index in [0.29, 0.717) is 12.1 Å². The van der Waals surface area contributed by atoms with Gasteiger partial charge in [-0.3, -0.25) is 4.79 Å². The van der Waals surface area contributed by atoms with Crippen molar-refractivity contribution in [2.24, 2.45) is 5.92 Å². The number of hydrogen-bond donors (Lipinski definition) is 0. The van der Waals surface area contributed by atoms with Crippen LogP contribution >= 0.6 is 0 Å². The van der Waals surface area contributed by atoms with Crippen LogP contribution in [0.25, 0.3) is 11.1 Å². The van der Waals surface area contributed by atoms with Crippen LogP contribution in [-0.4, -0.2) is 25.8 Å². The smallest absolute Gasteiger partial charge is 0.339 e. The zero-order valence-electron chi connectivity index (χ0n) is 20.7. The summed E-state index contributed by atoms with van der Waals surface area (Å²) in [5, 5.41) is 0. The van der Waals surface area contributed by atoms with Crippen LogP contribution in [0.15, 0.2) is 108 Å². The Labute approximate surface area is 217 Å². The lowest BCUT2D eigenvalue weighted by atomic mass is 10.0. The standard InChI is InChI=1S/C30H28FNO4S/c1-22(2)20-32(30(33)26-13-11-25(12-14-26)24-8-4-3-5-9-24)21-23-7-6-10-28(19-23)36-37(34,35)29-17-15-27(31)16-18-29/h3-19,22H,20-21H2,1-2H3. The van der Waals surface area contributed by atoms with Crippen molar-refractivity contribution >= 4 is 16.0 Å². The normalized spacial score (nSPS) is 11.4. The molecular formula is C30H28FNO4S. The lowest BCUT2D eigenvalue weighted by molar-refractivity contribution is 0.0722. The van der Waals surface area contributed by atoms with E-state index in [2.05, 4.69) is 0 Å². The molecule has 5 nitrogen and oxygen atoms in total. The summed E-state index contributed by atoms with van der Waals surface area (Å²) in [4.78, 5) is 15.0. The maximum absolute atomic E-state index is 13.4. The average molecular weight is 518 g/mol. The van der Waals surface area contributed by atoms with E-state index in [-0.39, 0.29) is 29.0 Å². The van der Waals surface area contributed by atoms with E-state index in [0.717, 1.165) is 41.0 Å². The van der Waals surface area contributed by atoms with Crippen LogP contribution in [0, 0.1) is 11.7 Å². The van der Waals surface area contributed by atoms with Gasteiger partial charge in [-0.05, 0) is 71.1 Å². The summed E-state index contributed by atoms with van der Waals surface area (Å²) >= 11 is 0. The number of benzene rings is 4. The number of carbonyl (C=O) groups excluding carboxylic acids is 1. The van der Waals surface area contributed by atoms with Crippen LogP contribution in [0.1, 0.15) is 29.8 Å². The average Bonchev–Trinajstić information content (AvgIpc) is 2.88. The van der Waals surface area contributed by atoms with Gasteiger partial charge >= 0.3 is 10.1 Å². The fraction of sp³-hybridized carbons (Fsp3) is 0.167. The molecule has 190 valence electrons. The summed E-state index contributed by atoms with van der Waals surface area (Å²) in [5.74, 6) is -0.305. The second-order valence-electron chi connectivity index (χ2n) is 9.16. The molecule has 0 saturated carbocycles. The Bertz CT molecular complexity index is 1450. The van der Waals surface area contributed by atoms with Crippen LogP contribution in [0.3, 0.4) is 0 Å². The fourth-order valence-corrected chi connectivity index (χ4v) is 4.89. The van der Waals surface area contributed by atoms with E-state index in [4.69, 9.17) is 4.18 Å². The largest absolute Gasteiger partial charge is 0.379 e. The Balaban J connectivity index is 1.52. The van der Waals surface area contributed by atoms with Gasteiger partial charge in [0.1, 0.15) is 16.5 Å². The monoisotopic (exact) mass is 517 g/mol. The van der Waals surface area contributed by atoms with Gasteiger partial charge in [-0.1, -0.05) is 68.4 Å². The van der Waals surface area contributed by atoms with Gasteiger partial charge in [0, 0.05) is 18.7 Å². The van der Waals surface area contributed by atoms with Gasteiger partial charge in [0.05, 0.1) is 0 Å². The SMILES string of the molecule is CC(C)CN(Cc1cccc(OS(=O)(=O)c2ccc(F)cc2)c1)C(=O)c1ccc(-c2ccccc2)cc1. The molecule has 4 aromatic rings. The second kappa shape index (κ2) is 11.4. The molecule has 4 rings (SSSR count). The highest BCUT2D eigenvalue weighted by Gasteiger charge is 2.20. The molecule has 0 saturated heterocycles. The molecule has 4 aromatic carbocycles. The van der Waals surface area contributed by atoms with Crippen molar-refractivity contribution in [3.05, 3.63) is 120 Å². The van der Waals surface area contributed by atoms with Crippen molar-refractivity contribution in [3.8, 4) is 16.9 Å². The first-order valence-corrected chi connectivity index (χ1v) is 13.4. The van der Waals surface area contributed by atoms with E-state index < -0.39 is 15.9 Å². The van der Waals surface area contributed by atoms with Gasteiger partial charge in [-0.25, -0.2) is 4.39 Å². The third kappa shape index (κ3) is 6.83. The molecule has 37 heavy (non-hydrogen) atoms. The van der Waals surface area contributed by atoms with Gasteiger partial charge in [0.2, 0.25) is 0 Å². The topological polar surface area (TPSA) is 63.7 Å². The molecule has 0 aromatic heterocycles. The minimum atomic E-state index is -4.13. The molecule has 0 radical (unpaired) electrons. The predicted molar refractivity (Wildman–Crippen MR) is 142 cm³/mol. The summed E-state index contributed by atoms with van der Waals surface area (Å²) in [5.41, 5.74) is 3.40. The Morgan fingerprint density at radius 1 is 0.838 bits per heavy atom. The number of amides is 1. The molecule has 0 aliphatic heterocycles. The molecule has 0 unspecified atom stereocenters. The number of nitrogens with zero attached hydrogens (tertiary/aromatic N) is 1. The van der Waals surface area contributed by atoms with Crippen molar-refractivity contribution in [2.75, 3.05) is 6.54 Å². The van der Waals surface area contributed by atoms with Gasteiger partial charge in [0.25, 0.3) is 5.91 Å². The van der Waals surface area contributed by atoms with Crippen LogP contribution in [0.4, 0.5) is 4.39 Å². The number of halogens is 1. The zero-order valence-corrected chi connectivity index (χ0v) is 21.5. The van der Waals surface area contributed by atoms with Crippen molar-refractivity contribution in [2.45, 2.75) is 25.3 Å². The van der Waals surface area contributed by atoms with Gasteiger partial charge < -0.3 is 9.08 Å². The molecule has 0 aliphatic carbocycles. The Morgan fingerprint density at radius 2 is 1.49 bits per heavy atom. The lowest BCUT2D eigenvalue weighted by Crippen LogP contribution is -2.33. The summed E-state index contributed by atoms with van der Waals surface area (Å²) in [7, 11) is -4.13. The molecular weight excluding hydrogens is 489 g/mol. The molecule has 0 bridgehead atoms. The molecule has 0 N–H and O–H groups in total. The Morgan fingerprint density at radius 3 is 2.14 bits per heavy atom.